The lowest BCUT2D eigenvalue weighted by Gasteiger charge is -2.14. The number of anilines is 2. The Morgan fingerprint density at radius 2 is 2.03 bits per heavy atom. The summed E-state index contributed by atoms with van der Waals surface area (Å²) in [6.45, 7) is 4.01. The average Bonchev–Trinajstić information content (AvgIpc) is 3.47. The highest BCUT2D eigenvalue weighted by Gasteiger charge is 2.19. The maximum atomic E-state index is 12.6. The Labute approximate surface area is 233 Å². The van der Waals surface area contributed by atoms with Crippen molar-refractivity contribution in [1.82, 2.24) is 30.1 Å². The third-order valence-corrected chi connectivity index (χ3v) is 7.27. The maximum absolute atomic E-state index is 12.6. The molecule has 202 valence electrons. The summed E-state index contributed by atoms with van der Waals surface area (Å²) in [6.07, 6.45) is 1.51. The molecule has 4 aromatic rings. The molecule has 5 rings (SSSR count). The molecule has 0 spiro atoms. The minimum atomic E-state index is -0.355. The second-order valence-electron chi connectivity index (χ2n) is 9.03. The first-order valence-electron chi connectivity index (χ1n) is 12.3. The number of carbonyl (C=O) groups is 2. The van der Waals surface area contributed by atoms with Gasteiger partial charge in [-0.25, -0.2) is 9.78 Å². The molecular weight excluding hydrogens is 566 g/mol. The predicted molar refractivity (Wildman–Crippen MR) is 151 cm³/mol. The smallest absolute Gasteiger partial charge is 0.317 e. The number of nitrogens with zero attached hydrogens (tertiary/aromatic N) is 4. The van der Waals surface area contributed by atoms with E-state index >= 15 is 0 Å². The number of benzene rings is 2. The first kappa shape index (κ1) is 26.3. The van der Waals surface area contributed by atoms with Crippen LogP contribution in [-0.4, -0.2) is 64.7 Å². The third-order valence-electron chi connectivity index (χ3n) is 6.38. The van der Waals surface area contributed by atoms with E-state index in [1.807, 2.05) is 42.8 Å². The minimum absolute atomic E-state index is 0.122. The lowest BCUT2D eigenvalue weighted by atomic mass is 10.2. The van der Waals surface area contributed by atoms with Crippen LogP contribution in [0.5, 0.6) is 17.2 Å². The summed E-state index contributed by atoms with van der Waals surface area (Å²) < 4.78 is 14.7. The molecule has 0 aliphatic carbocycles. The van der Waals surface area contributed by atoms with Gasteiger partial charge >= 0.3 is 6.03 Å². The van der Waals surface area contributed by atoms with Crippen molar-refractivity contribution in [1.29, 1.82) is 0 Å². The Morgan fingerprint density at radius 3 is 2.77 bits per heavy atom. The normalized spacial score (nSPS) is 12.9. The Balaban J connectivity index is 1.32. The second kappa shape index (κ2) is 11.2. The van der Waals surface area contributed by atoms with Crippen LogP contribution >= 0.6 is 15.9 Å². The number of pyridine rings is 1. The second-order valence-corrected chi connectivity index (χ2v) is 9.88. The van der Waals surface area contributed by atoms with Crippen molar-refractivity contribution in [2.75, 3.05) is 38.6 Å². The van der Waals surface area contributed by atoms with Gasteiger partial charge in [0.2, 0.25) is 5.95 Å². The molecule has 0 radical (unpaired) electrons. The number of amides is 3. The van der Waals surface area contributed by atoms with Gasteiger partial charge in [-0.15, -0.1) is 0 Å². The molecule has 1 fully saturated rings. The zero-order valence-electron chi connectivity index (χ0n) is 21.7. The van der Waals surface area contributed by atoms with Crippen LogP contribution in [0.25, 0.3) is 11.0 Å². The topological polar surface area (TPSA) is 123 Å². The monoisotopic (exact) mass is 593 g/mol. The van der Waals surface area contributed by atoms with Gasteiger partial charge in [0.05, 0.1) is 18.1 Å². The van der Waals surface area contributed by atoms with E-state index in [2.05, 4.69) is 36.9 Å². The molecule has 3 amide bonds. The van der Waals surface area contributed by atoms with E-state index in [4.69, 9.17) is 14.5 Å². The zero-order valence-corrected chi connectivity index (χ0v) is 23.3. The van der Waals surface area contributed by atoms with Gasteiger partial charge in [-0.2, -0.15) is 0 Å². The number of nitrogens with one attached hydrogen (secondary N) is 3. The molecule has 0 unspecified atom stereocenters. The van der Waals surface area contributed by atoms with Crippen LogP contribution in [0.1, 0.15) is 16.1 Å². The van der Waals surface area contributed by atoms with Gasteiger partial charge in [0.1, 0.15) is 11.4 Å². The molecule has 0 bridgehead atoms. The van der Waals surface area contributed by atoms with E-state index in [-0.39, 0.29) is 17.6 Å². The fourth-order valence-corrected chi connectivity index (χ4v) is 4.49. The molecule has 3 N–H and O–H groups in total. The zero-order chi connectivity index (χ0) is 27.5. The van der Waals surface area contributed by atoms with E-state index in [0.29, 0.717) is 54.9 Å². The number of methoxy groups -OCH3 is 1. The van der Waals surface area contributed by atoms with Crippen LogP contribution in [0.3, 0.4) is 0 Å². The van der Waals surface area contributed by atoms with Crippen molar-refractivity contribution < 1.29 is 19.1 Å². The summed E-state index contributed by atoms with van der Waals surface area (Å²) in [5, 5.41) is 8.89. The summed E-state index contributed by atoms with van der Waals surface area (Å²) in [5.74, 6) is 1.70. The Bertz CT molecular complexity index is 1550. The van der Waals surface area contributed by atoms with Crippen LogP contribution in [0, 0.1) is 6.92 Å². The molecule has 0 saturated carbocycles. The number of fused-ring (bicyclic) bond motifs is 1. The third kappa shape index (κ3) is 5.75. The van der Waals surface area contributed by atoms with Gasteiger partial charge in [-0.1, -0.05) is 15.9 Å². The van der Waals surface area contributed by atoms with Crippen molar-refractivity contribution in [2.24, 2.45) is 7.05 Å². The minimum Gasteiger partial charge on any atom is -0.493 e. The van der Waals surface area contributed by atoms with Gasteiger partial charge < -0.3 is 34.9 Å². The molecule has 1 saturated heterocycles. The van der Waals surface area contributed by atoms with Gasteiger partial charge in [0.25, 0.3) is 5.91 Å². The van der Waals surface area contributed by atoms with Crippen molar-refractivity contribution >= 4 is 50.5 Å². The Kier molecular flexibility index (Phi) is 7.55. The molecule has 1 aliphatic heterocycles. The fourth-order valence-electron chi connectivity index (χ4n) is 4.25. The van der Waals surface area contributed by atoms with E-state index < -0.39 is 0 Å². The lowest BCUT2D eigenvalue weighted by Crippen LogP contribution is -2.37. The van der Waals surface area contributed by atoms with Crippen LogP contribution in [0.4, 0.5) is 16.4 Å². The number of aromatic nitrogens is 3. The van der Waals surface area contributed by atoms with E-state index in [0.717, 1.165) is 21.2 Å². The fraction of sp³-hybridized carbons (Fsp3) is 0.259. The average molecular weight is 594 g/mol. The molecule has 2 aromatic carbocycles. The van der Waals surface area contributed by atoms with Crippen LogP contribution in [-0.2, 0) is 7.05 Å². The lowest BCUT2D eigenvalue weighted by molar-refractivity contribution is 0.0945. The molecule has 12 heteroatoms. The van der Waals surface area contributed by atoms with E-state index in [9.17, 15) is 9.59 Å². The Morgan fingerprint density at radius 1 is 1.18 bits per heavy atom. The molecule has 3 heterocycles. The summed E-state index contributed by atoms with van der Waals surface area (Å²) in [5.41, 5.74) is 3.80. The first-order chi connectivity index (χ1) is 18.8. The van der Waals surface area contributed by atoms with Crippen LogP contribution in [0.2, 0.25) is 0 Å². The molecule has 11 nitrogen and oxygen atoms in total. The maximum Gasteiger partial charge on any atom is 0.317 e. The number of halogens is 1. The van der Waals surface area contributed by atoms with Gasteiger partial charge in [-0.3, -0.25) is 9.78 Å². The van der Waals surface area contributed by atoms with Crippen LogP contribution < -0.4 is 25.4 Å². The number of ether oxygens (including phenoxy) is 2. The van der Waals surface area contributed by atoms with Crippen molar-refractivity contribution in [3.05, 3.63) is 64.4 Å². The van der Waals surface area contributed by atoms with Crippen LogP contribution in [0.15, 0.2) is 53.1 Å². The summed E-state index contributed by atoms with van der Waals surface area (Å²) >= 11 is 3.53. The number of urea groups is 1. The highest BCUT2D eigenvalue weighted by atomic mass is 79.9. The number of carbonyl (C=O) groups excluding carboxylic acids is 2. The molecular formula is C27H28BrN7O4. The number of imidazole rings is 1. The largest absolute Gasteiger partial charge is 0.493 e. The predicted octanol–water partition coefficient (Wildman–Crippen LogP) is 4.34. The molecule has 0 atom stereocenters. The SMILES string of the molecule is COc1cc2c(cc1Oc1ccnc(C(=O)NCCN3CCNC3=O)c1)nc(Nc1ccc(Br)c(C)c1)n2C. The standard InChI is InChI=1S/C27H28BrN7O4/c1-16-12-17(4-5-19(16)28)32-26-33-20-14-24(23(38-3)15-22(20)34(26)2)39-18-6-7-29-21(13-18)25(36)30-8-10-35-11-9-31-27(35)37/h4-7,12-15H,8-11H2,1-3H3,(H,30,36)(H,31,37)(H,32,33). The number of aryl methyl sites for hydroxylation is 2. The number of hydrogen-bond donors (Lipinski definition) is 3. The summed E-state index contributed by atoms with van der Waals surface area (Å²) in [6, 6.07) is 12.8. The van der Waals surface area contributed by atoms with E-state index in [1.165, 1.54) is 6.20 Å². The van der Waals surface area contributed by atoms with Crippen molar-refractivity contribution in [3.8, 4) is 17.2 Å². The van der Waals surface area contributed by atoms with Gasteiger partial charge in [0, 0.05) is 67.8 Å². The Hall–Kier alpha value is -4.32. The number of hydrogen-bond acceptors (Lipinski definition) is 7. The van der Waals surface area contributed by atoms with Gasteiger partial charge in [-0.05, 0) is 36.8 Å². The summed E-state index contributed by atoms with van der Waals surface area (Å²) in [4.78, 5) is 34.8. The van der Waals surface area contributed by atoms with Gasteiger partial charge in [0.15, 0.2) is 11.5 Å². The molecule has 2 aromatic heterocycles. The van der Waals surface area contributed by atoms with E-state index in [1.54, 1.807) is 30.2 Å². The van der Waals surface area contributed by atoms with Crippen molar-refractivity contribution in [3.63, 3.8) is 0 Å². The molecule has 39 heavy (non-hydrogen) atoms. The first-order valence-corrected chi connectivity index (χ1v) is 13.1. The number of rotatable bonds is 9. The highest BCUT2D eigenvalue weighted by molar-refractivity contribution is 9.10. The van der Waals surface area contributed by atoms with Crippen molar-refractivity contribution in [2.45, 2.75) is 6.92 Å². The highest BCUT2D eigenvalue weighted by Crippen LogP contribution is 2.36. The summed E-state index contributed by atoms with van der Waals surface area (Å²) in [7, 11) is 3.49. The quantitative estimate of drug-likeness (QED) is 0.264. The molecule has 1 aliphatic rings.